The molecule has 0 unspecified atom stereocenters. The molecule has 3 rings (SSSR count). The number of halogens is 1. The van der Waals surface area contributed by atoms with E-state index in [0.29, 0.717) is 41.7 Å². The van der Waals surface area contributed by atoms with E-state index in [1.165, 1.54) is 0 Å². The maximum absolute atomic E-state index is 12.8. The number of carbonyl (C=O) groups excluding carboxylic acids is 3. The van der Waals surface area contributed by atoms with Gasteiger partial charge in [-0.05, 0) is 95.7 Å². The molecule has 0 bridgehead atoms. The van der Waals surface area contributed by atoms with E-state index < -0.39 is 17.1 Å². The van der Waals surface area contributed by atoms with Crippen molar-refractivity contribution in [1.29, 1.82) is 0 Å². The van der Waals surface area contributed by atoms with Crippen molar-refractivity contribution in [1.82, 2.24) is 4.90 Å². The molecule has 2 aromatic rings. The summed E-state index contributed by atoms with van der Waals surface area (Å²) in [4.78, 5) is 38.9. The second-order valence-corrected chi connectivity index (χ2v) is 9.31. The molecule has 34 heavy (non-hydrogen) atoms. The van der Waals surface area contributed by atoms with Gasteiger partial charge in [0.05, 0.1) is 28.8 Å². The van der Waals surface area contributed by atoms with Crippen LogP contribution in [0.2, 0.25) is 0 Å². The van der Waals surface area contributed by atoms with E-state index in [-0.39, 0.29) is 11.4 Å². The Morgan fingerprint density at radius 1 is 1.15 bits per heavy atom. The second-order valence-electron chi connectivity index (χ2n) is 7.16. The van der Waals surface area contributed by atoms with Crippen molar-refractivity contribution in [2.24, 2.45) is 0 Å². The quantitative estimate of drug-likeness (QED) is 0.299. The lowest BCUT2D eigenvalue weighted by Crippen LogP contribution is -2.36. The highest BCUT2D eigenvalue weighted by molar-refractivity contribution is 14.1. The monoisotopic (exact) mass is 596 g/mol. The molecule has 0 aliphatic carbocycles. The minimum absolute atomic E-state index is 0.235. The molecular weight excluding hydrogens is 571 g/mol. The number of carbonyl (C=O) groups is 3. The topological polar surface area (TPSA) is 94.2 Å². The Balaban J connectivity index is 1.70. The van der Waals surface area contributed by atoms with Crippen LogP contribution in [0.5, 0.6) is 17.2 Å². The van der Waals surface area contributed by atoms with Gasteiger partial charge in [-0.3, -0.25) is 19.3 Å². The smallest absolute Gasteiger partial charge is 0.294 e. The zero-order valence-corrected chi connectivity index (χ0v) is 22.0. The van der Waals surface area contributed by atoms with Crippen molar-refractivity contribution in [3.05, 3.63) is 50.4 Å². The van der Waals surface area contributed by atoms with Gasteiger partial charge in [0.25, 0.3) is 11.1 Å². The van der Waals surface area contributed by atoms with Crippen LogP contribution in [-0.2, 0) is 9.59 Å². The summed E-state index contributed by atoms with van der Waals surface area (Å²) < 4.78 is 17.4. The highest BCUT2D eigenvalue weighted by Gasteiger charge is 2.36. The number of nitrogens with one attached hydrogen (secondary N) is 1. The lowest BCUT2D eigenvalue weighted by atomic mass is 10.2. The summed E-state index contributed by atoms with van der Waals surface area (Å²) in [6.45, 7) is 4.63. The standard InChI is InChI=1S/C24H25IN2O6S/c1-4-10-33-22-18(25)11-15(12-19(22)31-3)13-20-23(29)27(24(30)34-20)14-21(28)26-16-6-8-17(9-7-16)32-5-2/h6-9,11-13H,4-5,10,14H2,1-3H3,(H,26,28)/b20-13-. The fourth-order valence-electron chi connectivity index (χ4n) is 3.10. The molecule has 0 radical (unpaired) electrons. The normalized spacial score (nSPS) is 14.5. The van der Waals surface area contributed by atoms with Crippen LogP contribution in [0.4, 0.5) is 10.5 Å². The number of imide groups is 1. The molecule has 1 aliphatic heterocycles. The summed E-state index contributed by atoms with van der Waals surface area (Å²) in [5.41, 5.74) is 1.23. The Hall–Kier alpha value is -2.73. The van der Waals surface area contributed by atoms with E-state index in [1.54, 1.807) is 43.5 Å². The Morgan fingerprint density at radius 2 is 1.88 bits per heavy atom. The molecule has 0 aromatic heterocycles. The molecule has 0 saturated carbocycles. The van der Waals surface area contributed by atoms with Gasteiger partial charge in [0.2, 0.25) is 5.91 Å². The molecule has 1 fully saturated rings. The molecule has 0 spiro atoms. The first-order chi connectivity index (χ1) is 16.4. The van der Waals surface area contributed by atoms with Crippen molar-refractivity contribution in [3.8, 4) is 17.2 Å². The van der Waals surface area contributed by atoms with Gasteiger partial charge in [0.1, 0.15) is 12.3 Å². The molecule has 8 nitrogen and oxygen atoms in total. The molecule has 10 heteroatoms. The molecule has 3 amide bonds. The van der Waals surface area contributed by atoms with Crippen molar-refractivity contribution in [2.45, 2.75) is 20.3 Å². The molecule has 2 aromatic carbocycles. The van der Waals surface area contributed by atoms with Crippen molar-refractivity contribution in [3.63, 3.8) is 0 Å². The number of methoxy groups -OCH3 is 1. The zero-order valence-electron chi connectivity index (χ0n) is 19.1. The van der Waals surface area contributed by atoms with Crippen molar-refractivity contribution >= 4 is 63.2 Å². The van der Waals surface area contributed by atoms with Crippen LogP contribution in [0.25, 0.3) is 6.08 Å². The highest BCUT2D eigenvalue weighted by atomic mass is 127. The lowest BCUT2D eigenvalue weighted by Gasteiger charge is -2.13. The minimum Gasteiger partial charge on any atom is -0.494 e. The maximum Gasteiger partial charge on any atom is 0.294 e. The van der Waals surface area contributed by atoms with Gasteiger partial charge >= 0.3 is 0 Å². The molecular formula is C24H25IN2O6S. The predicted octanol–water partition coefficient (Wildman–Crippen LogP) is 5.16. The second kappa shape index (κ2) is 12.1. The Kier molecular flexibility index (Phi) is 9.22. The predicted molar refractivity (Wildman–Crippen MR) is 140 cm³/mol. The van der Waals surface area contributed by atoms with Gasteiger partial charge in [-0.1, -0.05) is 6.92 Å². The van der Waals surface area contributed by atoms with Gasteiger partial charge in [0.15, 0.2) is 11.5 Å². The average Bonchev–Trinajstić information content (AvgIpc) is 3.06. The fraction of sp³-hybridized carbons (Fsp3) is 0.292. The van der Waals surface area contributed by atoms with E-state index >= 15 is 0 Å². The largest absolute Gasteiger partial charge is 0.494 e. The van der Waals surface area contributed by atoms with Gasteiger partial charge in [-0.2, -0.15) is 0 Å². The van der Waals surface area contributed by atoms with Crippen LogP contribution in [0.15, 0.2) is 41.3 Å². The molecule has 0 atom stereocenters. The Bertz CT molecular complexity index is 1100. The minimum atomic E-state index is -0.517. The number of thioether (sulfide) groups is 1. The number of hydrogen-bond donors (Lipinski definition) is 1. The van der Waals surface area contributed by atoms with Crippen LogP contribution in [0.1, 0.15) is 25.8 Å². The molecule has 1 saturated heterocycles. The number of benzene rings is 2. The first-order valence-electron chi connectivity index (χ1n) is 10.6. The molecule has 1 aliphatic rings. The molecule has 180 valence electrons. The SMILES string of the molecule is CCCOc1c(I)cc(/C=C2\SC(=O)N(CC(=O)Nc3ccc(OCC)cc3)C2=O)cc1OC. The van der Waals surface area contributed by atoms with E-state index in [2.05, 4.69) is 27.9 Å². The summed E-state index contributed by atoms with van der Waals surface area (Å²) in [6, 6.07) is 10.5. The lowest BCUT2D eigenvalue weighted by molar-refractivity contribution is -0.127. The fourth-order valence-corrected chi connectivity index (χ4v) is 4.72. The summed E-state index contributed by atoms with van der Waals surface area (Å²) >= 11 is 2.94. The zero-order chi connectivity index (χ0) is 24.7. The summed E-state index contributed by atoms with van der Waals surface area (Å²) in [5, 5.41) is 2.19. The van der Waals surface area contributed by atoms with E-state index in [0.717, 1.165) is 26.7 Å². The molecule has 1 heterocycles. The number of nitrogens with zero attached hydrogens (tertiary/aromatic N) is 1. The van der Waals surface area contributed by atoms with Gasteiger partial charge in [-0.15, -0.1) is 0 Å². The third kappa shape index (κ3) is 6.44. The Morgan fingerprint density at radius 3 is 2.53 bits per heavy atom. The van der Waals surface area contributed by atoms with Gasteiger partial charge < -0.3 is 19.5 Å². The van der Waals surface area contributed by atoms with Crippen LogP contribution >= 0.6 is 34.4 Å². The third-order valence-electron chi connectivity index (χ3n) is 4.62. The van der Waals surface area contributed by atoms with E-state index in [9.17, 15) is 14.4 Å². The first kappa shape index (κ1) is 25.9. The van der Waals surface area contributed by atoms with Crippen LogP contribution in [0, 0.1) is 3.57 Å². The van der Waals surface area contributed by atoms with E-state index in [4.69, 9.17) is 14.2 Å². The molecule has 1 N–H and O–H groups in total. The Labute approximate surface area is 216 Å². The van der Waals surface area contributed by atoms with Crippen molar-refractivity contribution < 1.29 is 28.6 Å². The third-order valence-corrected chi connectivity index (χ3v) is 6.33. The van der Waals surface area contributed by atoms with Crippen LogP contribution in [0.3, 0.4) is 0 Å². The maximum atomic E-state index is 12.8. The first-order valence-corrected chi connectivity index (χ1v) is 12.5. The average molecular weight is 596 g/mol. The van der Waals surface area contributed by atoms with E-state index in [1.807, 2.05) is 19.9 Å². The van der Waals surface area contributed by atoms with Gasteiger partial charge in [0, 0.05) is 5.69 Å². The number of amides is 3. The van der Waals surface area contributed by atoms with Crippen LogP contribution < -0.4 is 19.5 Å². The van der Waals surface area contributed by atoms with Crippen molar-refractivity contribution in [2.75, 3.05) is 32.2 Å². The summed E-state index contributed by atoms with van der Waals surface area (Å²) in [6.07, 6.45) is 2.48. The van der Waals surface area contributed by atoms with Gasteiger partial charge in [-0.25, -0.2) is 0 Å². The van der Waals surface area contributed by atoms with Crippen LogP contribution in [-0.4, -0.2) is 48.8 Å². The summed E-state index contributed by atoms with van der Waals surface area (Å²) in [7, 11) is 1.55. The summed E-state index contributed by atoms with van der Waals surface area (Å²) in [5.74, 6) is 0.882. The number of anilines is 1. The number of rotatable bonds is 10. The highest BCUT2D eigenvalue weighted by Crippen LogP contribution is 2.37. The number of hydrogen-bond acceptors (Lipinski definition) is 7. The number of ether oxygens (including phenoxy) is 3.